The molecule has 4 rings (SSSR count). The molecule has 1 heterocycles. The van der Waals surface area contributed by atoms with Crippen molar-refractivity contribution in [1.82, 2.24) is 10.2 Å². The average molecular weight is 495 g/mol. The molecule has 0 spiro atoms. The summed E-state index contributed by atoms with van der Waals surface area (Å²) in [4.78, 5) is 26.4. The maximum atomic E-state index is 13.1. The molecule has 0 fully saturated rings. The third-order valence-corrected chi connectivity index (χ3v) is 6.81. The molecule has 2 N–H and O–H groups in total. The number of hydrogen-bond acceptors (Lipinski definition) is 6. The van der Waals surface area contributed by atoms with Gasteiger partial charge in [-0.3, -0.25) is 14.9 Å². The normalized spacial score (nSPS) is 11.6. The summed E-state index contributed by atoms with van der Waals surface area (Å²) in [6.45, 7) is 1.84. The summed E-state index contributed by atoms with van der Waals surface area (Å²) >= 11 is 8.71. The van der Waals surface area contributed by atoms with Gasteiger partial charge in [0.25, 0.3) is 5.91 Å². The highest BCUT2D eigenvalue weighted by Crippen LogP contribution is 2.37. The molecule has 0 bridgehead atoms. The van der Waals surface area contributed by atoms with Crippen molar-refractivity contribution in [3.05, 3.63) is 100 Å². The van der Waals surface area contributed by atoms with Crippen LogP contribution in [0.15, 0.2) is 83.8 Å². The summed E-state index contributed by atoms with van der Waals surface area (Å²) in [5.74, 6) is -0.424. The zero-order valence-electron chi connectivity index (χ0n) is 17.5. The summed E-state index contributed by atoms with van der Waals surface area (Å²) in [6, 6.07) is 23.7. The molecular formula is C24H19ClN4O2S2. The molecule has 0 radical (unpaired) electrons. The lowest BCUT2D eigenvalue weighted by Crippen LogP contribution is -2.19. The molecule has 4 aromatic rings. The zero-order chi connectivity index (χ0) is 23.2. The van der Waals surface area contributed by atoms with E-state index in [-0.39, 0.29) is 11.8 Å². The van der Waals surface area contributed by atoms with E-state index >= 15 is 0 Å². The second-order valence-electron chi connectivity index (χ2n) is 7.01. The molecule has 0 aliphatic rings. The van der Waals surface area contributed by atoms with Gasteiger partial charge in [0.05, 0.1) is 0 Å². The lowest BCUT2D eigenvalue weighted by atomic mass is 10.1. The highest BCUT2D eigenvalue weighted by atomic mass is 35.5. The van der Waals surface area contributed by atoms with Crippen molar-refractivity contribution < 1.29 is 9.59 Å². The smallest absolute Gasteiger partial charge is 0.255 e. The number of hydrogen-bond donors (Lipinski definition) is 2. The van der Waals surface area contributed by atoms with Gasteiger partial charge in [-0.05, 0) is 55.0 Å². The van der Waals surface area contributed by atoms with Crippen LogP contribution >= 0.6 is 34.7 Å². The molecule has 1 unspecified atom stereocenters. The van der Waals surface area contributed by atoms with Crippen LogP contribution in [0.4, 0.5) is 10.8 Å². The fourth-order valence-corrected chi connectivity index (χ4v) is 4.81. The van der Waals surface area contributed by atoms with Gasteiger partial charge in [-0.2, -0.15) is 0 Å². The van der Waals surface area contributed by atoms with E-state index in [9.17, 15) is 9.59 Å². The first-order valence-corrected chi connectivity index (χ1v) is 12.0. The van der Waals surface area contributed by atoms with Crippen LogP contribution in [-0.4, -0.2) is 22.0 Å². The number of halogens is 1. The summed E-state index contributed by atoms with van der Waals surface area (Å²) < 4.78 is 0. The Morgan fingerprint density at radius 1 is 0.939 bits per heavy atom. The van der Waals surface area contributed by atoms with Crippen LogP contribution in [0.25, 0.3) is 0 Å². The minimum Gasteiger partial charge on any atom is -0.322 e. The van der Waals surface area contributed by atoms with Crippen LogP contribution in [0.3, 0.4) is 0 Å². The van der Waals surface area contributed by atoms with Crippen molar-refractivity contribution in [2.45, 2.75) is 17.1 Å². The van der Waals surface area contributed by atoms with Gasteiger partial charge in [-0.25, -0.2) is 0 Å². The molecule has 2 amide bonds. The van der Waals surface area contributed by atoms with Gasteiger partial charge in [0.15, 0.2) is 0 Å². The van der Waals surface area contributed by atoms with Crippen molar-refractivity contribution in [1.29, 1.82) is 0 Å². The number of aromatic nitrogens is 2. The van der Waals surface area contributed by atoms with Crippen LogP contribution in [-0.2, 0) is 4.79 Å². The fraction of sp³-hybridized carbons (Fsp3) is 0.0833. The molecule has 0 saturated heterocycles. The molecule has 9 heteroatoms. The van der Waals surface area contributed by atoms with Gasteiger partial charge in [0, 0.05) is 21.2 Å². The first kappa shape index (κ1) is 23.0. The number of rotatable bonds is 7. The van der Waals surface area contributed by atoms with Crippen LogP contribution in [0.5, 0.6) is 0 Å². The number of amides is 2. The van der Waals surface area contributed by atoms with Crippen LogP contribution in [0.2, 0.25) is 5.02 Å². The number of benzene rings is 3. The number of carbonyl (C=O) groups is 2. The van der Waals surface area contributed by atoms with E-state index in [1.807, 2.05) is 49.4 Å². The maximum Gasteiger partial charge on any atom is 0.255 e. The molecule has 6 nitrogen and oxygen atoms in total. The second kappa shape index (κ2) is 10.6. The lowest BCUT2D eigenvalue weighted by molar-refractivity contribution is -0.115. The first-order chi connectivity index (χ1) is 16.0. The van der Waals surface area contributed by atoms with Gasteiger partial charge in [-0.1, -0.05) is 59.3 Å². The van der Waals surface area contributed by atoms with E-state index < -0.39 is 5.25 Å². The Morgan fingerprint density at radius 3 is 2.36 bits per heavy atom. The van der Waals surface area contributed by atoms with Crippen molar-refractivity contribution in [2.24, 2.45) is 0 Å². The summed E-state index contributed by atoms with van der Waals surface area (Å²) in [5, 5.41) is 14.9. The molecular weight excluding hydrogens is 476 g/mol. The Balaban J connectivity index is 1.48. The molecule has 0 aliphatic carbocycles. The highest BCUT2D eigenvalue weighted by molar-refractivity contribution is 8.00. The molecule has 0 aliphatic heterocycles. The topological polar surface area (TPSA) is 84.0 Å². The number of anilines is 2. The van der Waals surface area contributed by atoms with Crippen molar-refractivity contribution in [3.8, 4) is 0 Å². The predicted octanol–water partition coefficient (Wildman–Crippen LogP) is 6.22. The zero-order valence-corrected chi connectivity index (χ0v) is 19.9. The Hall–Kier alpha value is -3.20. The van der Waals surface area contributed by atoms with Gasteiger partial charge >= 0.3 is 0 Å². The van der Waals surface area contributed by atoms with E-state index in [1.165, 1.54) is 23.1 Å². The third-order valence-electron chi connectivity index (χ3n) is 4.55. The van der Waals surface area contributed by atoms with E-state index in [0.717, 1.165) is 15.5 Å². The molecule has 3 aromatic carbocycles. The molecule has 0 saturated carbocycles. The standard InChI is InChI=1S/C24H19ClN4O2S2/c1-15-28-29-24(32-15)27-23(31)21(16-6-3-2-4-7-16)33-20-12-10-19(11-13-20)26-22(30)17-8-5-9-18(25)14-17/h2-14,21H,1H3,(H,26,30)(H,27,29,31). The SMILES string of the molecule is Cc1nnc(NC(=O)C(Sc2ccc(NC(=O)c3cccc(Cl)c3)cc2)c2ccccc2)s1. The van der Waals surface area contributed by atoms with E-state index in [0.29, 0.717) is 21.4 Å². The van der Waals surface area contributed by atoms with Crippen LogP contribution in [0, 0.1) is 6.92 Å². The van der Waals surface area contributed by atoms with Crippen molar-refractivity contribution in [3.63, 3.8) is 0 Å². The van der Waals surface area contributed by atoms with Crippen LogP contribution in [0.1, 0.15) is 26.2 Å². The summed E-state index contributed by atoms with van der Waals surface area (Å²) in [7, 11) is 0. The third kappa shape index (κ3) is 6.19. The van der Waals surface area contributed by atoms with Crippen LogP contribution < -0.4 is 10.6 Å². The highest BCUT2D eigenvalue weighted by Gasteiger charge is 2.23. The van der Waals surface area contributed by atoms with Gasteiger partial charge in [-0.15, -0.1) is 22.0 Å². The minimum atomic E-state index is -0.484. The van der Waals surface area contributed by atoms with E-state index in [2.05, 4.69) is 20.8 Å². The predicted molar refractivity (Wildman–Crippen MR) is 134 cm³/mol. The van der Waals surface area contributed by atoms with Gasteiger partial charge in [0.2, 0.25) is 11.0 Å². The largest absolute Gasteiger partial charge is 0.322 e. The molecule has 1 aromatic heterocycles. The number of nitrogens with one attached hydrogen (secondary N) is 2. The number of nitrogens with zero attached hydrogens (tertiary/aromatic N) is 2. The van der Waals surface area contributed by atoms with Gasteiger partial charge in [0.1, 0.15) is 10.3 Å². The van der Waals surface area contributed by atoms with Crippen molar-refractivity contribution in [2.75, 3.05) is 10.6 Å². The Bertz CT molecular complexity index is 1260. The summed E-state index contributed by atoms with van der Waals surface area (Å²) in [5.41, 5.74) is 2.00. The Labute approximate surface area is 204 Å². The second-order valence-corrected chi connectivity index (χ2v) is 9.81. The Morgan fingerprint density at radius 2 is 1.70 bits per heavy atom. The average Bonchev–Trinajstić information content (AvgIpc) is 3.23. The number of carbonyl (C=O) groups excluding carboxylic acids is 2. The maximum absolute atomic E-state index is 13.1. The number of aryl methyl sites for hydroxylation is 1. The van der Waals surface area contributed by atoms with E-state index in [4.69, 9.17) is 11.6 Å². The minimum absolute atomic E-state index is 0.180. The fourth-order valence-electron chi connectivity index (χ4n) is 3.00. The molecule has 33 heavy (non-hydrogen) atoms. The lowest BCUT2D eigenvalue weighted by Gasteiger charge is -2.16. The van der Waals surface area contributed by atoms with E-state index in [1.54, 1.807) is 36.4 Å². The molecule has 166 valence electrons. The monoisotopic (exact) mass is 494 g/mol. The first-order valence-electron chi connectivity index (χ1n) is 9.97. The van der Waals surface area contributed by atoms with Crippen molar-refractivity contribution >= 4 is 57.3 Å². The van der Waals surface area contributed by atoms with Gasteiger partial charge < -0.3 is 5.32 Å². The quantitative estimate of drug-likeness (QED) is 0.298. The number of thioether (sulfide) groups is 1. The Kier molecular flexibility index (Phi) is 7.39. The summed E-state index contributed by atoms with van der Waals surface area (Å²) in [6.07, 6.45) is 0. The molecule has 1 atom stereocenters.